The molecule has 3 aromatic rings. The fourth-order valence-corrected chi connectivity index (χ4v) is 3.52. The number of benzene rings is 1. The monoisotopic (exact) mass is 338 g/mol. The molecule has 0 fully saturated rings. The predicted molar refractivity (Wildman–Crippen MR) is 95.9 cm³/mol. The molecule has 1 amide bonds. The van der Waals surface area contributed by atoms with Crippen molar-refractivity contribution in [2.24, 2.45) is 4.99 Å². The molecule has 0 bridgehead atoms. The van der Waals surface area contributed by atoms with Crippen molar-refractivity contribution in [1.82, 2.24) is 14.3 Å². The first-order valence-corrected chi connectivity index (χ1v) is 8.49. The highest BCUT2D eigenvalue weighted by molar-refractivity contribution is 7.16. The van der Waals surface area contributed by atoms with Gasteiger partial charge < -0.3 is 4.57 Å². The maximum atomic E-state index is 12.4. The second kappa shape index (κ2) is 6.46. The highest BCUT2D eigenvalue weighted by atomic mass is 32.1. The Bertz CT molecular complexity index is 1010. The van der Waals surface area contributed by atoms with Crippen LogP contribution in [0, 0.1) is 19.3 Å². The number of hydrogen-bond acceptors (Lipinski definition) is 3. The minimum Gasteiger partial charge on any atom is -0.305 e. The van der Waals surface area contributed by atoms with E-state index in [1.165, 1.54) is 11.3 Å². The van der Waals surface area contributed by atoms with E-state index in [4.69, 9.17) is 6.42 Å². The van der Waals surface area contributed by atoms with Gasteiger partial charge in [0.25, 0.3) is 5.91 Å². The van der Waals surface area contributed by atoms with Crippen LogP contribution in [0.4, 0.5) is 0 Å². The molecule has 2 aromatic heterocycles. The van der Waals surface area contributed by atoms with Gasteiger partial charge in [-0.15, -0.1) is 6.42 Å². The summed E-state index contributed by atoms with van der Waals surface area (Å²) in [6.45, 7) is 6.42. The summed E-state index contributed by atoms with van der Waals surface area (Å²) in [5.41, 5.74) is 2.48. The number of thiazole rings is 1. The number of aryl methyl sites for hydroxylation is 1. The third-order valence-corrected chi connectivity index (χ3v) is 4.68. The third kappa shape index (κ3) is 3.03. The van der Waals surface area contributed by atoms with Crippen molar-refractivity contribution in [2.75, 3.05) is 0 Å². The van der Waals surface area contributed by atoms with Gasteiger partial charge in [-0.25, -0.2) is 0 Å². The Balaban J connectivity index is 2.09. The Morgan fingerprint density at radius 3 is 2.88 bits per heavy atom. The summed E-state index contributed by atoms with van der Waals surface area (Å²) < 4.78 is 4.69. The lowest BCUT2D eigenvalue weighted by molar-refractivity contribution is 0.0992. The van der Waals surface area contributed by atoms with Gasteiger partial charge in [0.05, 0.1) is 16.8 Å². The molecule has 5 nitrogen and oxygen atoms in total. The molecule has 0 atom stereocenters. The van der Waals surface area contributed by atoms with Gasteiger partial charge in [0.1, 0.15) is 0 Å². The van der Waals surface area contributed by atoms with Gasteiger partial charge >= 0.3 is 0 Å². The van der Waals surface area contributed by atoms with Crippen LogP contribution in [-0.4, -0.2) is 20.3 Å². The molecule has 0 saturated heterocycles. The van der Waals surface area contributed by atoms with Crippen LogP contribution in [-0.2, 0) is 6.54 Å². The van der Waals surface area contributed by atoms with Gasteiger partial charge in [0.15, 0.2) is 10.5 Å². The van der Waals surface area contributed by atoms with Crippen molar-refractivity contribution in [2.45, 2.75) is 33.4 Å². The summed E-state index contributed by atoms with van der Waals surface area (Å²) in [7, 11) is 0. The third-order valence-electron chi connectivity index (χ3n) is 3.64. The van der Waals surface area contributed by atoms with Gasteiger partial charge in [0.2, 0.25) is 0 Å². The van der Waals surface area contributed by atoms with Crippen LogP contribution < -0.4 is 4.80 Å². The topological polar surface area (TPSA) is 52.2 Å². The molecule has 1 aromatic carbocycles. The van der Waals surface area contributed by atoms with Gasteiger partial charge in [-0.1, -0.05) is 23.3 Å². The molecular formula is C18H18N4OS. The summed E-state index contributed by atoms with van der Waals surface area (Å²) in [4.78, 5) is 17.3. The molecule has 24 heavy (non-hydrogen) atoms. The second-order valence-corrected chi connectivity index (χ2v) is 6.85. The average molecular weight is 338 g/mol. The highest BCUT2D eigenvalue weighted by Crippen LogP contribution is 2.19. The molecule has 0 aliphatic heterocycles. The molecule has 0 radical (unpaired) electrons. The zero-order valence-corrected chi connectivity index (χ0v) is 14.7. The van der Waals surface area contributed by atoms with Gasteiger partial charge in [0, 0.05) is 12.2 Å². The molecule has 0 unspecified atom stereocenters. The average Bonchev–Trinajstić information content (AvgIpc) is 3.13. The minimum atomic E-state index is -0.358. The number of amides is 1. The van der Waals surface area contributed by atoms with Crippen LogP contribution in [0.15, 0.2) is 35.5 Å². The van der Waals surface area contributed by atoms with Crippen molar-refractivity contribution in [3.05, 3.63) is 46.5 Å². The molecule has 0 saturated carbocycles. The Morgan fingerprint density at radius 2 is 2.21 bits per heavy atom. The molecule has 0 aliphatic rings. The van der Waals surface area contributed by atoms with Crippen molar-refractivity contribution in [3.63, 3.8) is 0 Å². The van der Waals surface area contributed by atoms with Crippen LogP contribution in [0.3, 0.4) is 0 Å². The first kappa shape index (κ1) is 16.2. The van der Waals surface area contributed by atoms with E-state index in [0.29, 0.717) is 17.0 Å². The number of rotatable bonds is 3. The summed E-state index contributed by atoms with van der Waals surface area (Å²) in [5, 5.41) is 4.28. The van der Waals surface area contributed by atoms with Gasteiger partial charge in [-0.3, -0.25) is 9.48 Å². The van der Waals surface area contributed by atoms with Crippen LogP contribution in [0.1, 0.15) is 35.9 Å². The van der Waals surface area contributed by atoms with E-state index in [0.717, 1.165) is 15.8 Å². The molecule has 0 aliphatic carbocycles. The Hall–Kier alpha value is -2.65. The van der Waals surface area contributed by atoms with E-state index >= 15 is 0 Å². The smallest absolute Gasteiger partial charge is 0.300 e. The fourth-order valence-electron chi connectivity index (χ4n) is 2.39. The zero-order valence-electron chi connectivity index (χ0n) is 13.9. The summed E-state index contributed by atoms with van der Waals surface area (Å²) >= 11 is 1.46. The summed E-state index contributed by atoms with van der Waals surface area (Å²) in [6, 6.07) is 8.00. The number of hydrogen-bond donors (Lipinski definition) is 0. The van der Waals surface area contributed by atoms with Crippen LogP contribution in [0.25, 0.3) is 10.2 Å². The largest absolute Gasteiger partial charge is 0.305 e. The van der Waals surface area contributed by atoms with E-state index in [1.807, 2.05) is 37.5 Å². The first-order valence-electron chi connectivity index (χ1n) is 7.67. The lowest BCUT2D eigenvalue weighted by Gasteiger charge is -2.02. The van der Waals surface area contributed by atoms with E-state index in [1.54, 1.807) is 16.9 Å². The van der Waals surface area contributed by atoms with Crippen molar-refractivity contribution >= 4 is 27.5 Å². The maximum Gasteiger partial charge on any atom is 0.300 e. The predicted octanol–water partition coefficient (Wildman–Crippen LogP) is 3.16. The Kier molecular flexibility index (Phi) is 4.36. The Morgan fingerprint density at radius 1 is 1.42 bits per heavy atom. The molecule has 6 heteroatoms. The van der Waals surface area contributed by atoms with E-state index in [2.05, 4.69) is 22.1 Å². The van der Waals surface area contributed by atoms with Crippen molar-refractivity contribution in [1.29, 1.82) is 0 Å². The number of nitrogens with zero attached hydrogens (tertiary/aromatic N) is 4. The zero-order chi connectivity index (χ0) is 17.3. The summed E-state index contributed by atoms with van der Waals surface area (Å²) in [6.07, 6.45) is 7.27. The molecule has 3 rings (SSSR count). The molecule has 2 heterocycles. The lowest BCUT2D eigenvalue weighted by Crippen LogP contribution is -2.16. The number of carbonyl (C=O) groups is 1. The molecular weight excluding hydrogens is 320 g/mol. The fraction of sp³-hybridized carbons (Fsp3) is 0.278. The Labute approximate surface area is 144 Å². The van der Waals surface area contributed by atoms with Crippen LogP contribution >= 0.6 is 11.3 Å². The molecule has 0 N–H and O–H groups in total. The van der Waals surface area contributed by atoms with Crippen molar-refractivity contribution < 1.29 is 4.79 Å². The number of terminal acetylenes is 1. The molecule has 0 spiro atoms. The normalized spacial score (nSPS) is 12.0. The van der Waals surface area contributed by atoms with E-state index in [9.17, 15) is 4.79 Å². The van der Waals surface area contributed by atoms with E-state index in [-0.39, 0.29) is 11.9 Å². The second-order valence-electron chi connectivity index (χ2n) is 5.84. The minimum absolute atomic E-state index is 0.199. The standard InChI is InChI=1S/C18H18N4OS/c1-5-9-21-15-7-6-13(4)11-16(15)24-18(21)19-17(23)14-8-10-22(20-14)12(2)3/h1,6-8,10-12H,9H2,2-4H3. The highest BCUT2D eigenvalue weighted by Gasteiger charge is 2.12. The SMILES string of the molecule is C#CCn1c(=NC(=O)c2ccn(C(C)C)n2)sc2cc(C)ccc21. The summed E-state index contributed by atoms with van der Waals surface area (Å²) in [5.74, 6) is 2.27. The van der Waals surface area contributed by atoms with Gasteiger partial charge in [-0.05, 0) is 44.5 Å². The first-order chi connectivity index (χ1) is 11.5. The lowest BCUT2D eigenvalue weighted by atomic mass is 10.2. The number of fused-ring (bicyclic) bond motifs is 1. The number of carbonyl (C=O) groups excluding carboxylic acids is 1. The van der Waals surface area contributed by atoms with Crippen LogP contribution in [0.2, 0.25) is 0 Å². The number of aromatic nitrogens is 3. The van der Waals surface area contributed by atoms with Crippen LogP contribution in [0.5, 0.6) is 0 Å². The van der Waals surface area contributed by atoms with E-state index < -0.39 is 0 Å². The van der Waals surface area contributed by atoms with Crippen molar-refractivity contribution in [3.8, 4) is 12.3 Å². The quantitative estimate of drug-likeness (QED) is 0.689. The maximum absolute atomic E-state index is 12.4. The molecule has 122 valence electrons. The van der Waals surface area contributed by atoms with Gasteiger partial charge in [-0.2, -0.15) is 10.1 Å².